The smallest absolute Gasteiger partial charge is 0.160 e. The summed E-state index contributed by atoms with van der Waals surface area (Å²) in [7, 11) is 0. The van der Waals surface area contributed by atoms with Gasteiger partial charge in [-0.3, -0.25) is 9.72 Å². The number of benzene rings is 1. The van der Waals surface area contributed by atoms with Gasteiger partial charge in [0.25, 0.3) is 0 Å². The molecule has 4 rings (SSSR count). The summed E-state index contributed by atoms with van der Waals surface area (Å²) in [6.45, 7) is 9.14. The van der Waals surface area contributed by atoms with Crippen LogP contribution in [0.4, 0.5) is 0 Å². The third-order valence-corrected chi connectivity index (χ3v) is 5.60. The lowest BCUT2D eigenvalue weighted by Crippen LogP contribution is -2.36. The van der Waals surface area contributed by atoms with Crippen molar-refractivity contribution in [3.05, 3.63) is 65.8 Å². The molecule has 1 aliphatic heterocycles. The summed E-state index contributed by atoms with van der Waals surface area (Å²) in [5.41, 5.74) is 5.01. The number of fused-ring (bicyclic) bond motifs is 1. The van der Waals surface area contributed by atoms with Crippen molar-refractivity contribution in [2.24, 2.45) is 0 Å². The van der Waals surface area contributed by atoms with Gasteiger partial charge >= 0.3 is 0 Å². The largest absolute Gasteiger partial charge is 0.412 e. The highest BCUT2D eigenvalue weighted by Crippen LogP contribution is 2.31. The van der Waals surface area contributed by atoms with Crippen molar-refractivity contribution in [2.75, 3.05) is 0 Å². The molecule has 0 amide bonds. The Morgan fingerprint density at radius 3 is 2.75 bits per heavy atom. The van der Waals surface area contributed by atoms with Crippen molar-refractivity contribution in [3.63, 3.8) is 0 Å². The molecule has 1 aliphatic rings. The minimum absolute atomic E-state index is 0.0285. The van der Waals surface area contributed by atoms with Crippen molar-refractivity contribution in [1.29, 1.82) is 0 Å². The topological polar surface area (TPSA) is 63.5 Å². The van der Waals surface area contributed by atoms with Gasteiger partial charge in [0.1, 0.15) is 17.7 Å². The fourth-order valence-electron chi connectivity index (χ4n) is 3.10. The van der Waals surface area contributed by atoms with Crippen LogP contribution in [-0.2, 0) is 16.8 Å². The Morgan fingerprint density at radius 1 is 1.18 bits per heavy atom. The Kier molecular flexibility index (Phi) is 5.14. The molecule has 3 heterocycles. The number of nitrogens with one attached hydrogen (secondary N) is 2. The lowest BCUT2D eigenvalue weighted by atomic mass is 9.96. The van der Waals surface area contributed by atoms with Gasteiger partial charge in [0.2, 0.25) is 0 Å². The first-order chi connectivity index (χ1) is 13.4. The van der Waals surface area contributed by atoms with Crippen LogP contribution >= 0.6 is 11.8 Å². The molecule has 0 saturated carbocycles. The van der Waals surface area contributed by atoms with E-state index in [9.17, 15) is 0 Å². The molecule has 0 radical (unpaired) electrons. The summed E-state index contributed by atoms with van der Waals surface area (Å²) in [6, 6.07) is 12.6. The number of nitrogens with zero attached hydrogens (tertiary/aromatic N) is 3. The Hall–Kier alpha value is -2.35. The van der Waals surface area contributed by atoms with E-state index in [1.54, 1.807) is 11.8 Å². The van der Waals surface area contributed by atoms with Crippen LogP contribution in [0.2, 0.25) is 0 Å². The number of hydrogen-bond donors (Lipinski definition) is 2. The summed E-state index contributed by atoms with van der Waals surface area (Å²) in [5.74, 6) is 1.85. The molecule has 3 aromatic rings. The maximum atomic E-state index is 5.28. The first-order valence-electron chi connectivity index (χ1n) is 9.35. The zero-order chi connectivity index (χ0) is 19.7. The number of pyridine rings is 1. The average Bonchev–Trinajstić information content (AvgIpc) is 3.26. The Morgan fingerprint density at radius 2 is 2.00 bits per heavy atom. The van der Waals surface area contributed by atoms with Crippen molar-refractivity contribution in [2.45, 2.75) is 55.6 Å². The first kappa shape index (κ1) is 19.0. The van der Waals surface area contributed by atoms with Crippen LogP contribution in [0.3, 0.4) is 0 Å². The van der Waals surface area contributed by atoms with E-state index in [4.69, 9.17) is 4.84 Å². The Bertz CT molecular complexity index is 1020. The van der Waals surface area contributed by atoms with Crippen molar-refractivity contribution in [1.82, 2.24) is 25.4 Å². The molecule has 1 unspecified atom stereocenters. The molecule has 2 N–H and O–H groups in total. The number of aromatic nitrogens is 3. The van der Waals surface area contributed by atoms with Gasteiger partial charge in [-0.05, 0) is 36.8 Å². The van der Waals surface area contributed by atoms with E-state index in [0.717, 1.165) is 28.7 Å². The van der Waals surface area contributed by atoms with Crippen LogP contribution in [0.15, 0.2) is 64.2 Å². The van der Waals surface area contributed by atoms with E-state index in [1.807, 2.05) is 19.1 Å². The van der Waals surface area contributed by atoms with Gasteiger partial charge in [-0.15, -0.1) is 15.7 Å². The van der Waals surface area contributed by atoms with Gasteiger partial charge < -0.3 is 4.84 Å². The van der Waals surface area contributed by atoms with Gasteiger partial charge in [-0.1, -0.05) is 50.7 Å². The van der Waals surface area contributed by atoms with E-state index in [-0.39, 0.29) is 11.6 Å². The van der Waals surface area contributed by atoms with Crippen LogP contribution in [-0.4, -0.2) is 20.8 Å². The number of allylic oxidation sites excluding steroid dienone is 1. The third-order valence-electron chi connectivity index (χ3n) is 4.51. The molecule has 0 aliphatic carbocycles. The molecule has 0 spiro atoms. The lowest BCUT2D eigenvalue weighted by Gasteiger charge is -2.16. The summed E-state index contributed by atoms with van der Waals surface area (Å²) in [5, 5.41) is 12.1. The molecule has 1 atom stereocenters. The molecule has 2 aromatic heterocycles. The summed E-state index contributed by atoms with van der Waals surface area (Å²) >= 11 is 1.75. The fraction of sp³-hybridized carbons (Fsp3) is 0.333. The van der Waals surface area contributed by atoms with Gasteiger partial charge in [0, 0.05) is 27.9 Å². The molecular weight excluding hydrogens is 370 g/mol. The molecule has 0 saturated heterocycles. The van der Waals surface area contributed by atoms with Crippen LogP contribution in [0.5, 0.6) is 0 Å². The maximum absolute atomic E-state index is 5.28. The average molecular weight is 396 g/mol. The van der Waals surface area contributed by atoms with Crippen LogP contribution < -0.4 is 10.8 Å². The van der Waals surface area contributed by atoms with E-state index >= 15 is 0 Å². The van der Waals surface area contributed by atoms with E-state index < -0.39 is 0 Å². The second-order valence-electron chi connectivity index (χ2n) is 7.93. The monoisotopic (exact) mass is 395 g/mol. The number of hydrogen-bond acceptors (Lipinski definition) is 6. The van der Waals surface area contributed by atoms with Crippen LogP contribution in [0.25, 0.3) is 5.65 Å². The Labute approximate surface area is 169 Å². The lowest BCUT2D eigenvalue weighted by molar-refractivity contribution is 0.108. The van der Waals surface area contributed by atoms with Gasteiger partial charge in [0.05, 0.1) is 0 Å². The molecule has 146 valence electrons. The number of rotatable bonds is 5. The predicted octanol–water partition coefficient (Wildman–Crippen LogP) is 4.03. The molecule has 0 fully saturated rings. The highest BCUT2D eigenvalue weighted by Gasteiger charge is 2.21. The Balaban J connectivity index is 1.56. The molecule has 1 aromatic carbocycles. The minimum Gasteiger partial charge on any atom is -0.412 e. The second kappa shape index (κ2) is 7.58. The van der Waals surface area contributed by atoms with Crippen molar-refractivity contribution >= 4 is 17.4 Å². The zero-order valence-electron chi connectivity index (χ0n) is 16.6. The maximum Gasteiger partial charge on any atom is 0.160 e. The molecule has 6 nitrogen and oxygen atoms in total. The van der Waals surface area contributed by atoms with E-state index in [1.165, 1.54) is 10.5 Å². The van der Waals surface area contributed by atoms with Gasteiger partial charge in [-0.25, -0.2) is 0 Å². The third kappa shape index (κ3) is 4.06. The van der Waals surface area contributed by atoms with Gasteiger partial charge in [-0.2, -0.15) is 0 Å². The highest BCUT2D eigenvalue weighted by atomic mass is 32.2. The fourth-order valence-corrected chi connectivity index (χ4v) is 4.07. The SMILES string of the molecule is CC1=CC(NCc2ccccc2Sc2ccc3nnc(C(C)(C)C)n3c2)NO1. The standard InChI is InChI=1S/C21H25N5OS/c1-14-11-18(25-27-14)22-12-15-7-5-6-8-17(15)28-16-9-10-19-23-24-20(21(2,3)4)26(19)13-16/h5-11,13,18,22,25H,12H2,1-4H3. The second-order valence-corrected chi connectivity index (χ2v) is 9.05. The van der Waals surface area contributed by atoms with E-state index in [0.29, 0.717) is 0 Å². The molecule has 28 heavy (non-hydrogen) atoms. The normalized spacial score (nSPS) is 17.0. The van der Waals surface area contributed by atoms with Gasteiger partial charge in [0.15, 0.2) is 5.65 Å². The number of hydroxylamine groups is 1. The first-order valence-corrected chi connectivity index (χ1v) is 10.2. The van der Waals surface area contributed by atoms with E-state index in [2.05, 4.69) is 82.7 Å². The summed E-state index contributed by atoms with van der Waals surface area (Å²) in [4.78, 5) is 7.66. The molecule has 7 heteroatoms. The summed E-state index contributed by atoms with van der Waals surface area (Å²) < 4.78 is 2.09. The van der Waals surface area contributed by atoms with Crippen molar-refractivity contribution in [3.8, 4) is 0 Å². The highest BCUT2D eigenvalue weighted by molar-refractivity contribution is 7.99. The predicted molar refractivity (Wildman–Crippen MR) is 111 cm³/mol. The summed E-state index contributed by atoms with van der Waals surface area (Å²) in [6.07, 6.45) is 4.19. The van der Waals surface area contributed by atoms with Crippen LogP contribution in [0, 0.1) is 0 Å². The quantitative estimate of drug-likeness (QED) is 0.680. The van der Waals surface area contributed by atoms with Crippen LogP contribution in [0.1, 0.15) is 39.1 Å². The minimum atomic E-state index is -0.0630. The molecular formula is C21H25N5OS. The zero-order valence-corrected chi connectivity index (χ0v) is 17.4. The van der Waals surface area contributed by atoms with Crippen molar-refractivity contribution < 1.29 is 4.84 Å². The molecule has 0 bridgehead atoms.